The zero-order chi connectivity index (χ0) is 15.6. The number of rotatable bonds is 3. The van der Waals surface area contributed by atoms with Crippen LogP contribution >= 0.6 is 11.8 Å². The minimum atomic E-state index is -0.808. The predicted octanol–water partition coefficient (Wildman–Crippen LogP) is 2.87. The van der Waals surface area contributed by atoms with Crippen LogP contribution < -0.4 is 0 Å². The Balaban J connectivity index is 2.07. The highest BCUT2D eigenvalue weighted by Gasteiger charge is 2.39. The van der Waals surface area contributed by atoms with Gasteiger partial charge in [-0.3, -0.25) is 9.59 Å². The Kier molecular flexibility index (Phi) is 5.23. The summed E-state index contributed by atoms with van der Waals surface area (Å²) in [6, 6.07) is -0.130. The second-order valence-electron chi connectivity index (χ2n) is 7.47. The van der Waals surface area contributed by atoms with E-state index in [-0.39, 0.29) is 29.7 Å². The van der Waals surface area contributed by atoms with Crippen LogP contribution in [0.25, 0.3) is 0 Å². The molecule has 1 heterocycles. The molecule has 3 unspecified atom stereocenters. The van der Waals surface area contributed by atoms with E-state index in [1.54, 1.807) is 11.8 Å². The number of thioether (sulfide) groups is 1. The Labute approximate surface area is 131 Å². The summed E-state index contributed by atoms with van der Waals surface area (Å²) in [4.78, 5) is 25.8. The van der Waals surface area contributed by atoms with Gasteiger partial charge < -0.3 is 10.0 Å². The molecular weight excluding hydrogens is 286 g/mol. The molecular formula is C16H27NO3S. The molecule has 2 fully saturated rings. The van der Waals surface area contributed by atoms with Crippen LogP contribution in [0, 0.1) is 17.3 Å². The van der Waals surface area contributed by atoms with Gasteiger partial charge in [-0.2, -0.15) is 11.8 Å². The maximum atomic E-state index is 12.9. The summed E-state index contributed by atoms with van der Waals surface area (Å²) in [5.41, 5.74) is 0.213. The highest BCUT2D eigenvalue weighted by atomic mass is 32.2. The number of nitrogens with zero attached hydrogens (tertiary/aromatic N) is 1. The van der Waals surface area contributed by atoms with E-state index in [0.29, 0.717) is 12.5 Å². The summed E-state index contributed by atoms with van der Waals surface area (Å²) < 4.78 is 0. The van der Waals surface area contributed by atoms with Gasteiger partial charge in [-0.25, -0.2) is 0 Å². The molecule has 2 aliphatic rings. The number of carbonyl (C=O) groups is 2. The van der Waals surface area contributed by atoms with Crippen LogP contribution in [0.3, 0.4) is 0 Å². The Morgan fingerprint density at radius 3 is 2.67 bits per heavy atom. The van der Waals surface area contributed by atoms with Crippen LogP contribution in [0.15, 0.2) is 0 Å². The lowest BCUT2D eigenvalue weighted by atomic mass is 9.67. The highest BCUT2D eigenvalue weighted by molar-refractivity contribution is 7.99. The van der Waals surface area contributed by atoms with E-state index in [4.69, 9.17) is 5.11 Å². The lowest BCUT2D eigenvalue weighted by molar-refractivity contribution is -0.144. The van der Waals surface area contributed by atoms with E-state index < -0.39 is 5.97 Å². The van der Waals surface area contributed by atoms with E-state index >= 15 is 0 Å². The molecule has 1 amide bonds. The largest absolute Gasteiger partial charge is 0.481 e. The van der Waals surface area contributed by atoms with Crippen molar-refractivity contribution in [1.82, 2.24) is 4.90 Å². The van der Waals surface area contributed by atoms with Crippen molar-refractivity contribution in [3.63, 3.8) is 0 Å². The van der Waals surface area contributed by atoms with Gasteiger partial charge in [0, 0.05) is 24.0 Å². The van der Waals surface area contributed by atoms with Gasteiger partial charge in [-0.15, -0.1) is 0 Å². The molecule has 1 saturated heterocycles. The zero-order valence-corrected chi connectivity index (χ0v) is 14.1. The minimum Gasteiger partial charge on any atom is -0.481 e. The first-order chi connectivity index (χ1) is 9.78. The summed E-state index contributed by atoms with van der Waals surface area (Å²) in [5.74, 6) is 1.71. The van der Waals surface area contributed by atoms with Gasteiger partial charge in [0.05, 0.1) is 12.5 Å². The molecule has 0 aromatic rings. The Hall–Kier alpha value is -0.710. The predicted molar refractivity (Wildman–Crippen MR) is 85.4 cm³/mol. The highest BCUT2D eigenvalue weighted by Crippen LogP contribution is 2.42. The maximum Gasteiger partial charge on any atom is 0.305 e. The third-order valence-electron chi connectivity index (χ3n) is 4.66. The molecule has 1 N–H and O–H groups in total. The lowest BCUT2D eigenvalue weighted by Crippen LogP contribution is -2.50. The van der Waals surface area contributed by atoms with E-state index in [1.807, 2.05) is 4.90 Å². The van der Waals surface area contributed by atoms with Crippen molar-refractivity contribution in [3.8, 4) is 0 Å². The van der Waals surface area contributed by atoms with E-state index in [0.717, 1.165) is 24.3 Å². The van der Waals surface area contributed by atoms with Crippen molar-refractivity contribution in [2.75, 3.05) is 18.1 Å². The van der Waals surface area contributed by atoms with Crippen LogP contribution in [0.4, 0.5) is 0 Å². The molecule has 21 heavy (non-hydrogen) atoms. The first-order valence-electron chi connectivity index (χ1n) is 7.88. The van der Waals surface area contributed by atoms with Crippen LogP contribution in [0.1, 0.15) is 46.5 Å². The maximum absolute atomic E-state index is 12.9. The van der Waals surface area contributed by atoms with E-state index in [9.17, 15) is 9.59 Å². The molecule has 2 rings (SSSR count). The molecule has 0 radical (unpaired) electrons. The second-order valence-corrected chi connectivity index (χ2v) is 8.62. The molecule has 0 aromatic carbocycles. The molecule has 0 spiro atoms. The van der Waals surface area contributed by atoms with Crippen molar-refractivity contribution in [1.29, 1.82) is 0 Å². The molecule has 3 atom stereocenters. The van der Waals surface area contributed by atoms with E-state index in [2.05, 4.69) is 20.8 Å². The molecule has 0 aromatic heterocycles. The van der Waals surface area contributed by atoms with Gasteiger partial charge in [0.25, 0.3) is 0 Å². The zero-order valence-electron chi connectivity index (χ0n) is 13.3. The Bertz CT molecular complexity index is 410. The minimum absolute atomic E-state index is 0.0724. The monoisotopic (exact) mass is 313 g/mol. The third kappa shape index (κ3) is 4.38. The summed E-state index contributed by atoms with van der Waals surface area (Å²) >= 11 is 1.76. The standard InChI is InChI=1S/C16H27NO3S/c1-11-6-12(9-16(2,3)8-11)15(20)17-4-5-21-10-13(17)7-14(18)19/h11-13H,4-10H2,1-3H3,(H,18,19). The molecule has 4 nitrogen and oxygen atoms in total. The van der Waals surface area contributed by atoms with Crippen molar-refractivity contribution >= 4 is 23.6 Å². The fraction of sp³-hybridized carbons (Fsp3) is 0.875. The fourth-order valence-electron chi connectivity index (χ4n) is 4.08. The van der Waals surface area contributed by atoms with Crippen LogP contribution in [0.2, 0.25) is 0 Å². The molecule has 5 heteroatoms. The SMILES string of the molecule is CC1CC(C(=O)N2CCSCC2CC(=O)O)CC(C)(C)C1. The number of amides is 1. The molecule has 1 aliphatic carbocycles. The number of hydrogen-bond donors (Lipinski definition) is 1. The molecule has 120 valence electrons. The lowest BCUT2D eigenvalue weighted by Gasteiger charge is -2.42. The van der Waals surface area contributed by atoms with E-state index in [1.165, 1.54) is 6.42 Å². The van der Waals surface area contributed by atoms with Crippen molar-refractivity contribution in [2.24, 2.45) is 17.3 Å². The number of carboxylic acid groups (broad SMARTS) is 1. The van der Waals surface area contributed by atoms with Gasteiger partial charge >= 0.3 is 5.97 Å². The Morgan fingerprint density at radius 2 is 2.05 bits per heavy atom. The van der Waals surface area contributed by atoms with Gasteiger partial charge in [0.2, 0.25) is 5.91 Å². The summed E-state index contributed by atoms with van der Waals surface area (Å²) in [7, 11) is 0. The first kappa shape index (κ1) is 16.7. The number of carbonyl (C=O) groups excluding carboxylic acids is 1. The van der Waals surface area contributed by atoms with Gasteiger partial charge in [0.1, 0.15) is 0 Å². The average molecular weight is 313 g/mol. The molecule has 1 saturated carbocycles. The Morgan fingerprint density at radius 1 is 1.33 bits per heavy atom. The average Bonchev–Trinajstić information content (AvgIpc) is 2.35. The van der Waals surface area contributed by atoms with Crippen molar-refractivity contribution in [3.05, 3.63) is 0 Å². The van der Waals surface area contributed by atoms with Gasteiger partial charge in [-0.1, -0.05) is 20.8 Å². The smallest absolute Gasteiger partial charge is 0.305 e. The summed E-state index contributed by atoms with van der Waals surface area (Å²) in [6.07, 6.45) is 3.13. The quantitative estimate of drug-likeness (QED) is 0.870. The topological polar surface area (TPSA) is 57.6 Å². The molecule has 1 aliphatic heterocycles. The fourth-order valence-corrected chi connectivity index (χ4v) is 5.15. The number of aliphatic carboxylic acids is 1. The number of carboxylic acids is 1. The van der Waals surface area contributed by atoms with Crippen LogP contribution in [0.5, 0.6) is 0 Å². The van der Waals surface area contributed by atoms with Crippen molar-refractivity contribution in [2.45, 2.75) is 52.5 Å². The van der Waals surface area contributed by atoms with Gasteiger partial charge in [0.15, 0.2) is 0 Å². The van der Waals surface area contributed by atoms with Crippen LogP contribution in [-0.4, -0.2) is 46.0 Å². The summed E-state index contributed by atoms with van der Waals surface area (Å²) in [6.45, 7) is 7.40. The second kappa shape index (κ2) is 6.59. The normalized spacial score (nSPS) is 32.7. The third-order valence-corrected chi connectivity index (χ3v) is 5.75. The summed E-state index contributed by atoms with van der Waals surface area (Å²) in [5, 5.41) is 9.05. The molecule has 0 bridgehead atoms. The van der Waals surface area contributed by atoms with Crippen molar-refractivity contribution < 1.29 is 14.7 Å². The first-order valence-corrected chi connectivity index (χ1v) is 9.04. The van der Waals surface area contributed by atoms with Crippen LogP contribution in [-0.2, 0) is 9.59 Å². The number of hydrogen-bond acceptors (Lipinski definition) is 3. The van der Waals surface area contributed by atoms with Gasteiger partial charge in [-0.05, 0) is 30.6 Å².